The van der Waals surface area contributed by atoms with E-state index >= 15 is 0 Å². The molecule has 1 aliphatic rings. The summed E-state index contributed by atoms with van der Waals surface area (Å²) in [7, 11) is 0. The van der Waals surface area contributed by atoms with Gasteiger partial charge in [0, 0.05) is 22.6 Å². The van der Waals surface area contributed by atoms with E-state index in [-0.39, 0.29) is 5.38 Å². The second-order valence-electron chi connectivity index (χ2n) is 4.82. The third kappa shape index (κ3) is 1.65. The summed E-state index contributed by atoms with van der Waals surface area (Å²) in [5.74, 6) is 0. The fourth-order valence-electron chi connectivity index (χ4n) is 2.68. The van der Waals surface area contributed by atoms with Crippen LogP contribution in [0.3, 0.4) is 0 Å². The highest BCUT2D eigenvalue weighted by Crippen LogP contribution is 2.34. The van der Waals surface area contributed by atoms with E-state index in [9.17, 15) is 0 Å². The van der Waals surface area contributed by atoms with Crippen molar-refractivity contribution in [3.8, 4) is 5.69 Å². The number of rotatable bonds is 1. The Kier molecular flexibility index (Phi) is 2.57. The molecule has 1 heterocycles. The molecule has 2 nitrogen and oxygen atoms in total. The van der Waals surface area contributed by atoms with Crippen molar-refractivity contribution < 1.29 is 4.68 Å². The van der Waals surface area contributed by atoms with Crippen LogP contribution in [0, 0.1) is 0 Å². The summed E-state index contributed by atoms with van der Waals surface area (Å²) in [6.07, 6.45) is 4.11. The van der Waals surface area contributed by atoms with Gasteiger partial charge in [0.1, 0.15) is 10.9 Å². The number of alkyl halides is 1. The molecule has 1 aliphatic carbocycles. The third-order valence-corrected chi connectivity index (χ3v) is 3.95. The maximum Gasteiger partial charge on any atom is 0.244 e. The standard InChI is InChI=1S/C17H12ClN2/c18-15-11-10-14-13-8-4-5-9-16(13)19-20(17(14)15)12-6-2-1-3-7-12/h1-11,15H/q+1. The molecular formula is C17H12ClN2+. The average molecular weight is 280 g/mol. The van der Waals surface area contributed by atoms with E-state index in [1.165, 1.54) is 5.56 Å². The minimum atomic E-state index is -0.137. The number of benzene rings is 2. The van der Waals surface area contributed by atoms with Crippen molar-refractivity contribution in [1.82, 2.24) is 5.10 Å². The fraction of sp³-hybridized carbons (Fsp3) is 0.0588. The Morgan fingerprint density at radius 1 is 0.950 bits per heavy atom. The Balaban J connectivity index is 2.11. The van der Waals surface area contributed by atoms with Gasteiger partial charge in [-0.3, -0.25) is 0 Å². The second-order valence-corrected chi connectivity index (χ2v) is 5.29. The van der Waals surface area contributed by atoms with Crippen molar-refractivity contribution in [2.45, 2.75) is 5.38 Å². The molecule has 0 amide bonds. The summed E-state index contributed by atoms with van der Waals surface area (Å²) < 4.78 is 1.95. The molecule has 0 radical (unpaired) electrons. The Morgan fingerprint density at radius 2 is 1.70 bits per heavy atom. The van der Waals surface area contributed by atoms with Crippen molar-refractivity contribution in [3.63, 3.8) is 0 Å². The van der Waals surface area contributed by atoms with Gasteiger partial charge in [-0.05, 0) is 16.8 Å². The second kappa shape index (κ2) is 4.43. The third-order valence-electron chi connectivity index (χ3n) is 3.60. The van der Waals surface area contributed by atoms with Crippen LogP contribution in [0.25, 0.3) is 22.7 Å². The number of hydrogen-bond donors (Lipinski definition) is 0. The van der Waals surface area contributed by atoms with Gasteiger partial charge in [0.2, 0.25) is 11.4 Å². The topological polar surface area (TPSA) is 16.8 Å². The Morgan fingerprint density at radius 3 is 2.55 bits per heavy atom. The van der Waals surface area contributed by atoms with Crippen LogP contribution in [-0.4, -0.2) is 5.10 Å². The van der Waals surface area contributed by atoms with Crippen LogP contribution in [0.5, 0.6) is 0 Å². The van der Waals surface area contributed by atoms with Gasteiger partial charge in [-0.15, -0.1) is 11.6 Å². The summed E-state index contributed by atoms with van der Waals surface area (Å²) in [6.45, 7) is 0. The lowest BCUT2D eigenvalue weighted by molar-refractivity contribution is -0.664. The number of allylic oxidation sites excluding steroid dienone is 1. The quantitative estimate of drug-likeness (QED) is 0.489. The molecule has 0 spiro atoms. The van der Waals surface area contributed by atoms with Gasteiger partial charge in [0.25, 0.3) is 0 Å². The summed E-state index contributed by atoms with van der Waals surface area (Å²) in [6, 6.07) is 18.3. The first-order chi connectivity index (χ1) is 9.84. The van der Waals surface area contributed by atoms with Crippen molar-refractivity contribution >= 4 is 28.6 Å². The lowest BCUT2D eigenvalue weighted by Crippen LogP contribution is -2.40. The summed E-state index contributed by atoms with van der Waals surface area (Å²) in [5.41, 5.74) is 4.21. The first-order valence-corrected chi connectivity index (χ1v) is 7.01. The van der Waals surface area contributed by atoms with Crippen LogP contribution in [0.15, 0.2) is 60.7 Å². The van der Waals surface area contributed by atoms with Crippen molar-refractivity contribution in [2.75, 3.05) is 0 Å². The van der Waals surface area contributed by atoms with Crippen molar-refractivity contribution in [2.24, 2.45) is 0 Å². The maximum absolute atomic E-state index is 6.45. The normalized spacial score (nSPS) is 16.6. The summed E-state index contributed by atoms with van der Waals surface area (Å²) in [5, 5.41) is 5.77. The molecule has 1 aromatic heterocycles. The van der Waals surface area contributed by atoms with Gasteiger partial charge in [-0.25, -0.2) is 0 Å². The monoisotopic (exact) mass is 279 g/mol. The minimum Gasteiger partial charge on any atom is -0.106 e. The van der Waals surface area contributed by atoms with E-state index in [4.69, 9.17) is 16.7 Å². The Bertz CT molecular complexity index is 825. The molecule has 1 unspecified atom stereocenters. The maximum atomic E-state index is 6.45. The summed E-state index contributed by atoms with van der Waals surface area (Å²) in [4.78, 5) is 0. The van der Waals surface area contributed by atoms with Crippen LogP contribution in [0.1, 0.15) is 16.6 Å². The van der Waals surface area contributed by atoms with Gasteiger partial charge >= 0.3 is 0 Å². The molecule has 0 saturated carbocycles. The molecule has 1 atom stereocenters. The molecule has 0 N–H and O–H groups in total. The SMILES string of the molecule is ClC1C=Cc2c1[n+](-c1ccccc1)nc1ccccc21. The van der Waals surface area contributed by atoms with E-state index in [1.54, 1.807) is 0 Å². The van der Waals surface area contributed by atoms with Gasteiger partial charge in [-0.2, -0.15) is 0 Å². The Hall–Kier alpha value is -2.19. The molecule has 20 heavy (non-hydrogen) atoms. The molecular weight excluding hydrogens is 268 g/mol. The number of para-hydroxylation sites is 1. The van der Waals surface area contributed by atoms with Crippen LogP contribution in [0.4, 0.5) is 0 Å². The molecule has 3 heteroatoms. The molecule has 0 saturated heterocycles. The van der Waals surface area contributed by atoms with Crippen LogP contribution in [-0.2, 0) is 0 Å². The highest BCUT2D eigenvalue weighted by molar-refractivity contribution is 6.23. The lowest BCUT2D eigenvalue weighted by atomic mass is 10.1. The number of aromatic nitrogens is 2. The van der Waals surface area contributed by atoms with E-state index in [2.05, 4.69) is 12.1 Å². The number of hydrogen-bond acceptors (Lipinski definition) is 1. The number of nitrogens with zero attached hydrogens (tertiary/aromatic N) is 2. The first kappa shape index (κ1) is 11.6. The van der Waals surface area contributed by atoms with E-state index < -0.39 is 0 Å². The highest BCUT2D eigenvalue weighted by atomic mass is 35.5. The van der Waals surface area contributed by atoms with Crippen molar-refractivity contribution in [1.29, 1.82) is 0 Å². The molecule has 96 valence electrons. The van der Waals surface area contributed by atoms with E-state index in [0.29, 0.717) is 0 Å². The number of fused-ring (bicyclic) bond motifs is 3. The smallest absolute Gasteiger partial charge is 0.106 e. The minimum absolute atomic E-state index is 0.137. The molecule has 2 aromatic carbocycles. The predicted octanol–water partition coefficient (Wildman–Crippen LogP) is 3.82. The molecule has 0 bridgehead atoms. The van der Waals surface area contributed by atoms with Gasteiger partial charge in [0.05, 0.1) is 5.56 Å². The zero-order chi connectivity index (χ0) is 13.5. The first-order valence-electron chi connectivity index (χ1n) is 6.57. The molecule has 4 rings (SSSR count). The Labute approximate surface area is 121 Å². The van der Waals surface area contributed by atoms with Crippen LogP contribution >= 0.6 is 11.6 Å². The van der Waals surface area contributed by atoms with E-state index in [0.717, 1.165) is 22.3 Å². The lowest BCUT2D eigenvalue weighted by Gasteiger charge is -2.05. The molecule has 0 aliphatic heterocycles. The van der Waals surface area contributed by atoms with Crippen LogP contribution < -0.4 is 4.68 Å². The molecule has 0 fully saturated rings. The highest BCUT2D eigenvalue weighted by Gasteiger charge is 2.31. The van der Waals surface area contributed by atoms with Gasteiger partial charge in [0.15, 0.2) is 0 Å². The van der Waals surface area contributed by atoms with Crippen molar-refractivity contribution in [3.05, 3.63) is 71.9 Å². The zero-order valence-electron chi connectivity index (χ0n) is 10.7. The molecule has 3 aromatic rings. The van der Waals surface area contributed by atoms with Gasteiger partial charge in [-0.1, -0.05) is 42.5 Å². The van der Waals surface area contributed by atoms with Gasteiger partial charge < -0.3 is 0 Å². The van der Waals surface area contributed by atoms with Crippen LogP contribution in [0.2, 0.25) is 0 Å². The summed E-state index contributed by atoms with van der Waals surface area (Å²) >= 11 is 6.45. The van der Waals surface area contributed by atoms with E-state index in [1.807, 2.05) is 59.3 Å². The predicted molar refractivity (Wildman–Crippen MR) is 80.9 cm³/mol. The fourth-order valence-corrected chi connectivity index (χ4v) is 2.96. The number of halogens is 1. The average Bonchev–Trinajstić information content (AvgIpc) is 2.90. The zero-order valence-corrected chi connectivity index (χ0v) is 11.5. The largest absolute Gasteiger partial charge is 0.244 e.